The number of benzene rings is 3. The van der Waals surface area contributed by atoms with Crippen molar-refractivity contribution in [2.45, 2.75) is 105 Å². The summed E-state index contributed by atoms with van der Waals surface area (Å²) in [7, 11) is -1.83. The van der Waals surface area contributed by atoms with Crippen molar-refractivity contribution in [3.8, 4) is 0 Å². The van der Waals surface area contributed by atoms with Crippen LogP contribution in [-0.4, -0.2) is 8.07 Å². The molecule has 236 valence electrons. The second-order valence-electron chi connectivity index (χ2n) is 13.7. The molecule has 0 aliphatic rings. The van der Waals surface area contributed by atoms with Crippen LogP contribution < -0.4 is 42.4 Å². The minimum Gasteiger partial charge on any atom is -1.00 e. The van der Waals surface area contributed by atoms with Gasteiger partial charge in [-0.2, -0.15) is 22.9 Å². The molecule has 0 fully saturated rings. The first-order valence-corrected chi connectivity index (χ1v) is 17.5. The molecule has 0 saturated carbocycles. The maximum Gasteiger partial charge on any atom is 4.00 e. The molecule has 0 atom stereocenters. The summed E-state index contributed by atoms with van der Waals surface area (Å²) in [5, 5.41) is 1.62. The maximum atomic E-state index is 2.64. The van der Waals surface area contributed by atoms with Crippen molar-refractivity contribution in [1.29, 1.82) is 0 Å². The van der Waals surface area contributed by atoms with Crippen molar-refractivity contribution in [3.05, 3.63) is 128 Å². The van der Waals surface area contributed by atoms with Crippen LogP contribution in [0.3, 0.4) is 0 Å². The maximum absolute atomic E-state index is 2.64. The Kier molecular flexibility index (Phi) is 16.1. The first kappa shape index (κ1) is 42.8. The second kappa shape index (κ2) is 16.6. The van der Waals surface area contributed by atoms with Gasteiger partial charge in [-0.3, -0.25) is 0 Å². The van der Waals surface area contributed by atoms with E-state index >= 15 is 0 Å². The van der Waals surface area contributed by atoms with Gasteiger partial charge in [-0.25, -0.2) is 6.07 Å². The summed E-state index contributed by atoms with van der Waals surface area (Å²) in [6.45, 7) is 28.3. The van der Waals surface area contributed by atoms with Gasteiger partial charge in [0, 0.05) is 13.5 Å². The number of hydrogen-bond donors (Lipinski definition) is 0. The molecule has 44 heavy (non-hydrogen) atoms. The fourth-order valence-corrected chi connectivity index (χ4v) is 15.3. The summed E-state index contributed by atoms with van der Waals surface area (Å²) in [5.41, 5.74) is 15.0. The summed E-state index contributed by atoms with van der Waals surface area (Å²) >= 11 is 0. The van der Waals surface area contributed by atoms with Crippen molar-refractivity contribution < 1.29 is 58.9 Å². The van der Waals surface area contributed by atoms with Crippen LogP contribution in [0.5, 0.6) is 0 Å². The molecule has 0 aliphatic carbocycles. The minimum absolute atomic E-state index is 0. The van der Waals surface area contributed by atoms with Crippen LogP contribution in [0, 0.1) is 41.5 Å². The van der Waals surface area contributed by atoms with Crippen molar-refractivity contribution in [1.82, 2.24) is 0 Å². The Balaban J connectivity index is 0.00000462. The van der Waals surface area contributed by atoms with Crippen LogP contribution in [0.4, 0.5) is 0 Å². The van der Waals surface area contributed by atoms with E-state index in [1.165, 1.54) is 55.6 Å². The van der Waals surface area contributed by atoms with E-state index in [0.717, 1.165) is 0 Å². The van der Waals surface area contributed by atoms with Crippen LogP contribution in [0.1, 0.15) is 97.2 Å². The van der Waals surface area contributed by atoms with Crippen molar-refractivity contribution in [2.75, 3.05) is 0 Å². The second-order valence-corrected chi connectivity index (χ2v) is 19.6. The van der Waals surface area contributed by atoms with Crippen molar-refractivity contribution in [3.63, 3.8) is 0 Å². The summed E-state index contributed by atoms with van der Waals surface area (Å²) in [6.07, 6.45) is 0. The molecule has 5 heteroatoms. The quantitative estimate of drug-likeness (QED) is 0.149. The number of hydrogen-bond acceptors (Lipinski definition) is 0. The Labute approximate surface area is 303 Å². The molecule has 0 aromatic heterocycles. The third kappa shape index (κ3) is 7.67. The summed E-state index contributed by atoms with van der Waals surface area (Å²) in [4.78, 5) is 0. The third-order valence-electron chi connectivity index (χ3n) is 9.52. The Morgan fingerprint density at radius 3 is 1.00 bits per heavy atom. The average Bonchev–Trinajstić information content (AvgIpc) is 3.27. The van der Waals surface area contributed by atoms with Crippen LogP contribution >= 0.6 is 0 Å². The van der Waals surface area contributed by atoms with Gasteiger partial charge in [0.25, 0.3) is 0 Å². The van der Waals surface area contributed by atoms with Gasteiger partial charge in [-0.15, -0.1) is 0 Å². The molecule has 0 saturated heterocycles. The normalized spacial score (nSPS) is 11.5. The predicted molar refractivity (Wildman–Crippen MR) is 179 cm³/mol. The molecule has 0 amide bonds. The van der Waals surface area contributed by atoms with Gasteiger partial charge in [0.2, 0.25) is 0 Å². The van der Waals surface area contributed by atoms with E-state index < -0.39 is 13.5 Å². The topological polar surface area (TPSA) is 0 Å². The first-order chi connectivity index (χ1) is 18.7. The van der Waals surface area contributed by atoms with Crippen LogP contribution in [0.25, 0.3) is 0 Å². The Bertz CT molecular complexity index is 1310. The Hall–Kier alpha value is -1.19. The van der Waals surface area contributed by atoms with Gasteiger partial charge in [0.05, 0.1) is 0 Å². The number of rotatable bonds is 8. The largest absolute Gasteiger partial charge is 4.00 e. The van der Waals surface area contributed by atoms with E-state index in [1.807, 2.05) is 0 Å². The van der Waals surface area contributed by atoms with E-state index in [2.05, 4.69) is 156 Å². The smallest absolute Gasteiger partial charge is 1.00 e. The summed E-state index contributed by atoms with van der Waals surface area (Å²) < 4.78 is 0. The zero-order chi connectivity index (χ0) is 29.6. The van der Waals surface area contributed by atoms with Gasteiger partial charge in [-0.05, 0) is 58.2 Å². The fourth-order valence-electron chi connectivity index (χ4n) is 8.52. The standard InChI is InChI=1S/C39H51Si.3ClH.Ti/c1-25(2)40(26(3)4,27(5)6)38-14-13-34(24-38)39(35-18-28(7)15-29(8)19-35,36-20-30(9)16-31(10)21-36)37-22-32(11)17-33(12)23-37;;;;/h13-27H,1-12H3;3*1H;/q-1;;;;+4/p-3. The van der Waals surface area contributed by atoms with E-state index in [9.17, 15) is 0 Å². The average molecular weight is 702 g/mol. The molecule has 0 spiro atoms. The third-order valence-corrected chi connectivity index (χ3v) is 16.6. The summed E-state index contributed by atoms with van der Waals surface area (Å²) in [5.74, 6) is 0. The molecule has 0 N–H and O–H groups in total. The van der Waals surface area contributed by atoms with E-state index in [4.69, 9.17) is 0 Å². The van der Waals surface area contributed by atoms with Crippen LogP contribution in [0.15, 0.2) is 72.8 Å². The predicted octanol–water partition coefficient (Wildman–Crippen LogP) is 1.53. The molecule has 0 heterocycles. The molecular formula is C39H51Cl3SiTi. The monoisotopic (exact) mass is 700 g/mol. The molecule has 4 aromatic carbocycles. The van der Waals surface area contributed by atoms with Gasteiger partial charge in [-0.1, -0.05) is 146 Å². The zero-order valence-corrected chi connectivity index (χ0v) is 33.6. The van der Waals surface area contributed by atoms with Crippen LogP contribution in [-0.2, 0) is 27.1 Å². The SMILES string of the molecule is Cc1cc(C)cc(C(c2cc(C)cc(C)c2)(c2cc(C)cc(C)c2)c2cc[c-]([Si](C(C)C)(C(C)C)C(C)C)c2)c1.[Cl-].[Cl-].[Cl-].[Ti+4]. The van der Waals surface area contributed by atoms with Crippen molar-refractivity contribution in [2.24, 2.45) is 0 Å². The minimum atomic E-state index is -1.83. The van der Waals surface area contributed by atoms with Crippen LogP contribution in [0.2, 0.25) is 16.6 Å². The molecule has 0 unspecified atom stereocenters. The molecule has 4 rings (SSSR count). The molecule has 0 radical (unpaired) electrons. The Morgan fingerprint density at radius 2 is 0.750 bits per heavy atom. The number of halogens is 3. The van der Waals surface area contributed by atoms with E-state index in [0.29, 0.717) is 16.6 Å². The van der Waals surface area contributed by atoms with Gasteiger partial charge in [0.1, 0.15) is 0 Å². The molecule has 0 nitrogen and oxygen atoms in total. The van der Waals surface area contributed by atoms with Gasteiger partial charge in [0.15, 0.2) is 0 Å². The van der Waals surface area contributed by atoms with Gasteiger partial charge < -0.3 is 37.2 Å². The first-order valence-electron chi connectivity index (χ1n) is 15.3. The van der Waals surface area contributed by atoms with Gasteiger partial charge >= 0.3 is 21.7 Å². The van der Waals surface area contributed by atoms with E-state index in [1.54, 1.807) is 5.19 Å². The molecule has 0 aliphatic heterocycles. The zero-order valence-electron chi connectivity index (χ0n) is 28.8. The Morgan fingerprint density at radius 1 is 0.477 bits per heavy atom. The van der Waals surface area contributed by atoms with Crippen molar-refractivity contribution >= 4 is 13.3 Å². The summed E-state index contributed by atoms with van der Waals surface area (Å²) in [6, 6.07) is 29.2. The van der Waals surface area contributed by atoms with E-state index in [-0.39, 0.29) is 58.9 Å². The molecular weight excluding hydrogens is 651 g/mol. The molecule has 0 bridgehead atoms. The number of aryl methyl sites for hydroxylation is 6. The molecule has 4 aromatic rings. The fraction of sp³-hybridized carbons (Fsp3) is 0.410.